The number of rotatable bonds is 6. The number of nitrogens with zero attached hydrogens (tertiary/aromatic N) is 2. The van der Waals surface area contributed by atoms with Crippen LogP contribution in [-0.4, -0.2) is 15.3 Å². The SMILES string of the molecule is CC(NC(=O)c1cccc(OCc2cn3ccccc3n2)c1)c1cccc(Cl)c1. The number of ether oxygens (including phenoxy) is 1. The molecule has 1 atom stereocenters. The first kappa shape index (κ1) is 19.0. The van der Waals surface area contributed by atoms with Gasteiger partial charge in [0, 0.05) is 23.0 Å². The van der Waals surface area contributed by atoms with E-state index in [1.54, 1.807) is 18.2 Å². The van der Waals surface area contributed by atoms with Crippen LogP contribution in [-0.2, 0) is 6.61 Å². The van der Waals surface area contributed by atoms with Crippen molar-refractivity contribution in [1.82, 2.24) is 14.7 Å². The van der Waals surface area contributed by atoms with Gasteiger partial charge in [-0.3, -0.25) is 4.79 Å². The van der Waals surface area contributed by atoms with Crippen LogP contribution in [0, 0.1) is 0 Å². The van der Waals surface area contributed by atoms with Crippen LogP contribution in [0.5, 0.6) is 5.75 Å². The molecule has 0 radical (unpaired) electrons. The summed E-state index contributed by atoms with van der Waals surface area (Å²) in [6.07, 6.45) is 3.87. The van der Waals surface area contributed by atoms with Gasteiger partial charge >= 0.3 is 0 Å². The summed E-state index contributed by atoms with van der Waals surface area (Å²) in [7, 11) is 0. The van der Waals surface area contributed by atoms with Gasteiger partial charge in [-0.1, -0.05) is 35.9 Å². The van der Waals surface area contributed by atoms with Crippen LogP contribution < -0.4 is 10.1 Å². The number of carbonyl (C=O) groups excluding carboxylic acids is 1. The highest BCUT2D eigenvalue weighted by atomic mass is 35.5. The molecule has 0 saturated carbocycles. The van der Waals surface area contributed by atoms with E-state index in [1.165, 1.54) is 0 Å². The van der Waals surface area contributed by atoms with Gasteiger partial charge in [-0.05, 0) is 55.0 Å². The fraction of sp³-hybridized carbons (Fsp3) is 0.130. The zero-order chi connectivity index (χ0) is 20.2. The molecule has 0 aliphatic carbocycles. The zero-order valence-corrected chi connectivity index (χ0v) is 16.6. The number of aromatic nitrogens is 2. The summed E-state index contributed by atoms with van der Waals surface area (Å²) >= 11 is 6.04. The number of fused-ring (bicyclic) bond motifs is 1. The molecular formula is C23H20ClN3O2. The van der Waals surface area contributed by atoms with Crippen LogP contribution >= 0.6 is 11.6 Å². The third kappa shape index (κ3) is 4.58. The molecule has 1 unspecified atom stereocenters. The monoisotopic (exact) mass is 405 g/mol. The van der Waals surface area contributed by atoms with Crippen molar-refractivity contribution in [2.45, 2.75) is 19.6 Å². The molecule has 4 aromatic rings. The van der Waals surface area contributed by atoms with Crippen LogP contribution in [0.4, 0.5) is 0 Å². The van der Waals surface area contributed by atoms with Crippen LogP contribution in [0.3, 0.4) is 0 Å². The average Bonchev–Trinajstić information content (AvgIpc) is 3.15. The van der Waals surface area contributed by atoms with E-state index in [2.05, 4.69) is 10.3 Å². The van der Waals surface area contributed by atoms with Crippen LogP contribution in [0.2, 0.25) is 5.02 Å². The molecule has 2 heterocycles. The van der Waals surface area contributed by atoms with Gasteiger partial charge in [0.15, 0.2) is 0 Å². The Morgan fingerprint density at radius 1 is 1.14 bits per heavy atom. The van der Waals surface area contributed by atoms with Gasteiger partial charge < -0.3 is 14.5 Å². The third-order valence-corrected chi connectivity index (χ3v) is 4.83. The van der Waals surface area contributed by atoms with E-state index in [-0.39, 0.29) is 11.9 Å². The first-order chi connectivity index (χ1) is 14.1. The van der Waals surface area contributed by atoms with Crippen LogP contribution in [0.25, 0.3) is 5.65 Å². The quantitative estimate of drug-likeness (QED) is 0.488. The summed E-state index contributed by atoms with van der Waals surface area (Å²) in [5, 5.41) is 3.63. The van der Waals surface area contributed by atoms with Gasteiger partial charge in [-0.2, -0.15) is 0 Å². The lowest BCUT2D eigenvalue weighted by atomic mass is 10.1. The molecule has 5 nitrogen and oxygen atoms in total. The van der Waals surface area contributed by atoms with E-state index in [9.17, 15) is 4.79 Å². The molecule has 0 bridgehead atoms. The number of hydrogen-bond acceptors (Lipinski definition) is 3. The van der Waals surface area contributed by atoms with Crippen LogP contribution in [0.1, 0.15) is 34.6 Å². The highest BCUT2D eigenvalue weighted by Gasteiger charge is 2.13. The topological polar surface area (TPSA) is 55.6 Å². The molecule has 0 aliphatic rings. The number of halogens is 1. The molecule has 0 saturated heterocycles. The van der Waals surface area contributed by atoms with Gasteiger partial charge in [0.1, 0.15) is 18.0 Å². The summed E-state index contributed by atoms with van der Waals surface area (Å²) < 4.78 is 7.79. The summed E-state index contributed by atoms with van der Waals surface area (Å²) in [6.45, 7) is 2.25. The lowest BCUT2D eigenvalue weighted by molar-refractivity contribution is 0.0939. The van der Waals surface area contributed by atoms with Crippen molar-refractivity contribution < 1.29 is 9.53 Å². The number of benzene rings is 2. The molecule has 2 aromatic heterocycles. The molecule has 0 fully saturated rings. The molecule has 0 spiro atoms. The maximum Gasteiger partial charge on any atom is 0.251 e. The number of imidazole rings is 1. The van der Waals surface area contributed by atoms with Crippen molar-refractivity contribution >= 4 is 23.2 Å². The van der Waals surface area contributed by atoms with E-state index >= 15 is 0 Å². The second-order valence-corrected chi connectivity index (χ2v) is 7.20. The largest absolute Gasteiger partial charge is 0.487 e. The molecule has 6 heteroatoms. The summed E-state index contributed by atoms with van der Waals surface area (Å²) in [4.78, 5) is 17.2. The van der Waals surface area contributed by atoms with Gasteiger partial charge in [-0.15, -0.1) is 0 Å². The Labute approximate surface area is 173 Å². The second kappa shape index (κ2) is 8.37. The maximum absolute atomic E-state index is 12.6. The van der Waals surface area contributed by atoms with Crippen molar-refractivity contribution in [3.05, 3.63) is 101 Å². The number of carbonyl (C=O) groups is 1. The van der Waals surface area contributed by atoms with Crippen molar-refractivity contribution in [1.29, 1.82) is 0 Å². The van der Waals surface area contributed by atoms with Gasteiger partial charge in [0.25, 0.3) is 5.91 Å². The Morgan fingerprint density at radius 2 is 2.00 bits per heavy atom. The molecule has 146 valence electrons. The van der Waals surface area contributed by atoms with Crippen LogP contribution in [0.15, 0.2) is 79.1 Å². The Bertz CT molecular complexity index is 1120. The number of nitrogens with one attached hydrogen (secondary N) is 1. The summed E-state index contributed by atoms with van der Waals surface area (Å²) in [5.74, 6) is 0.445. The second-order valence-electron chi connectivity index (χ2n) is 6.77. The molecule has 1 N–H and O–H groups in total. The van der Waals surface area contributed by atoms with Crippen molar-refractivity contribution in [2.24, 2.45) is 0 Å². The van der Waals surface area contributed by atoms with E-state index in [1.807, 2.05) is 72.2 Å². The normalized spacial score (nSPS) is 11.9. The molecule has 2 aromatic carbocycles. The highest BCUT2D eigenvalue weighted by Crippen LogP contribution is 2.19. The molecular weight excluding hydrogens is 386 g/mol. The summed E-state index contributed by atoms with van der Waals surface area (Å²) in [5.41, 5.74) is 3.17. The molecule has 4 rings (SSSR count). The number of hydrogen-bond donors (Lipinski definition) is 1. The lowest BCUT2D eigenvalue weighted by Crippen LogP contribution is -2.26. The Morgan fingerprint density at radius 3 is 2.83 bits per heavy atom. The fourth-order valence-electron chi connectivity index (χ4n) is 3.08. The van der Waals surface area contributed by atoms with Gasteiger partial charge in [-0.25, -0.2) is 4.98 Å². The lowest BCUT2D eigenvalue weighted by Gasteiger charge is -2.15. The molecule has 1 amide bonds. The van der Waals surface area contributed by atoms with Gasteiger partial charge in [0.2, 0.25) is 0 Å². The predicted molar refractivity (Wildman–Crippen MR) is 113 cm³/mol. The summed E-state index contributed by atoms with van der Waals surface area (Å²) in [6, 6.07) is 20.3. The van der Waals surface area contributed by atoms with E-state index in [4.69, 9.17) is 16.3 Å². The first-order valence-corrected chi connectivity index (χ1v) is 9.68. The van der Waals surface area contributed by atoms with Crippen molar-refractivity contribution in [3.63, 3.8) is 0 Å². The molecule has 0 aliphatic heterocycles. The van der Waals surface area contributed by atoms with Gasteiger partial charge in [0.05, 0.1) is 11.7 Å². The zero-order valence-electron chi connectivity index (χ0n) is 15.9. The van der Waals surface area contributed by atoms with E-state index in [0.717, 1.165) is 16.9 Å². The minimum absolute atomic E-state index is 0.163. The van der Waals surface area contributed by atoms with Crippen molar-refractivity contribution in [3.8, 4) is 5.75 Å². The average molecular weight is 406 g/mol. The van der Waals surface area contributed by atoms with E-state index in [0.29, 0.717) is 22.9 Å². The Balaban J connectivity index is 1.41. The molecule has 29 heavy (non-hydrogen) atoms. The third-order valence-electron chi connectivity index (χ3n) is 4.59. The highest BCUT2D eigenvalue weighted by molar-refractivity contribution is 6.30. The standard InChI is InChI=1S/C23H20ClN3O2/c1-16(17-6-4-8-19(24)12-17)25-23(28)18-7-5-9-21(13-18)29-15-20-14-27-11-3-2-10-22(27)26-20/h2-14,16H,15H2,1H3,(H,25,28). The maximum atomic E-state index is 12.6. The Hall–Kier alpha value is -3.31. The minimum atomic E-state index is -0.171. The Kier molecular flexibility index (Phi) is 5.49. The smallest absolute Gasteiger partial charge is 0.251 e. The predicted octanol–water partition coefficient (Wildman–Crippen LogP) is 5.06. The number of pyridine rings is 1. The fourth-order valence-corrected chi connectivity index (χ4v) is 3.28. The minimum Gasteiger partial charge on any atom is -0.487 e. The van der Waals surface area contributed by atoms with E-state index < -0.39 is 0 Å². The number of amides is 1. The first-order valence-electron chi connectivity index (χ1n) is 9.30. The van der Waals surface area contributed by atoms with Crippen molar-refractivity contribution in [2.75, 3.05) is 0 Å².